The van der Waals surface area contributed by atoms with E-state index in [1.54, 1.807) is 6.92 Å². The summed E-state index contributed by atoms with van der Waals surface area (Å²) in [6, 6.07) is 2.20. The number of hydrogen-bond acceptors (Lipinski definition) is 3. The molecule has 9 heteroatoms. The van der Waals surface area contributed by atoms with Gasteiger partial charge >= 0.3 is 12.4 Å². The Balaban J connectivity index is 3.11. The van der Waals surface area contributed by atoms with Gasteiger partial charge in [-0.25, -0.2) is 4.98 Å². The standard InChI is InChI=1S/C11H11F6NO2/c1-2-7-3-6(5-19)4-8(18-7)20-9(10(12,13)14)11(15,16)17/h3-4,9,19H,2,5H2,1H3. The number of alkyl halides is 6. The predicted octanol–water partition coefficient (Wildman–Crippen LogP) is 3.01. The molecule has 1 N–H and O–H groups in total. The summed E-state index contributed by atoms with van der Waals surface area (Å²) < 4.78 is 78.0. The monoisotopic (exact) mass is 303 g/mol. The molecule has 1 rings (SSSR count). The summed E-state index contributed by atoms with van der Waals surface area (Å²) in [7, 11) is 0. The fraction of sp³-hybridized carbons (Fsp3) is 0.545. The number of rotatable bonds is 4. The zero-order valence-corrected chi connectivity index (χ0v) is 10.2. The molecule has 0 aromatic carbocycles. The van der Waals surface area contributed by atoms with E-state index >= 15 is 0 Å². The Morgan fingerprint density at radius 2 is 1.70 bits per heavy atom. The molecule has 20 heavy (non-hydrogen) atoms. The van der Waals surface area contributed by atoms with Crippen molar-refractivity contribution in [2.45, 2.75) is 38.4 Å². The van der Waals surface area contributed by atoms with Crippen molar-refractivity contribution >= 4 is 0 Å². The number of nitrogens with zero attached hydrogens (tertiary/aromatic N) is 1. The normalized spacial score (nSPS) is 12.8. The van der Waals surface area contributed by atoms with Gasteiger partial charge in [-0.05, 0) is 18.1 Å². The van der Waals surface area contributed by atoms with E-state index in [2.05, 4.69) is 9.72 Å². The second-order valence-electron chi connectivity index (χ2n) is 3.90. The van der Waals surface area contributed by atoms with Crippen molar-refractivity contribution in [3.63, 3.8) is 0 Å². The van der Waals surface area contributed by atoms with Gasteiger partial charge in [-0.15, -0.1) is 0 Å². The van der Waals surface area contributed by atoms with Crippen LogP contribution in [-0.4, -0.2) is 28.5 Å². The van der Waals surface area contributed by atoms with E-state index in [1.165, 1.54) is 6.07 Å². The van der Waals surface area contributed by atoms with Gasteiger partial charge in [-0.1, -0.05) is 6.92 Å². The first-order valence-corrected chi connectivity index (χ1v) is 5.48. The Hall–Kier alpha value is -1.51. The van der Waals surface area contributed by atoms with Crippen LogP contribution < -0.4 is 4.74 Å². The molecule has 0 radical (unpaired) electrons. The molecule has 0 unspecified atom stereocenters. The minimum atomic E-state index is -5.61. The molecule has 0 aliphatic heterocycles. The van der Waals surface area contributed by atoms with E-state index in [9.17, 15) is 26.3 Å². The summed E-state index contributed by atoms with van der Waals surface area (Å²) in [4.78, 5) is 3.53. The van der Waals surface area contributed by atoms with Gasteiger partial charge in [0.2, 0.25) is 5.88 Å². The second-order valence-corrected chi connectivity index (χ2v) is 3.90. The molecule has 0 saturated carbocycles. The highest BCUT2D eigenvalue weighted by Gasteiger charge is 2.59. The maximum Gasteiger partial charge on any atom is 0.434 e. The van der Waals surface area contributed by atoms with Crippen LogP contribution in [0.4, 0.5) is 26.3 Å². The van der Waals surface area contributed by atoms with Crippen LogP contribution in [0.1, 0.15) is 18.2 Å². The fourth-order valence-electron chi connectivity index (χ4n) is 1.39. The van der Waals surface area contributed by atoms with Crippen molar-refractivity contribution in [1.29, 1.82) is 0 Å². The Labute approximate surface area is 110 Å². The number of pyridine rings is 1. The maximum atomic E-state index is 12.3. The van der Waals surface area contributed by atoms with E-state index in [-0.39, 0.29) is 17.7 Å². The lowest BCUT2D eigenvalue weighted by Gasteiger charge is -2.23. The summed E-state index contributed by atoms with van der Waals surface area (Å²) in [5, 5.41) is 8.91. The fourth-order valence-corrected chi connectivity index (χ4v) is 1.39. The molecule has 0 saturated heterocycles. The Morgan fingerprint density at radius 1 is 1.15 bits per heavy atom. The summed E-state index contributed by atoms with van der Waals surface area (Å²) in [6.45, 7) is 1.06. The van der Waals surface area contributed by atoms with Crippen LogP contribution in [0.25, 0.3) is 0 Å². The minimum absolute atomic E-state index is 0.120. The third kappa shape index (κ3) is 4.26. The molecule has 3 nitrogen and oxygen atoms in total. The molecule has 0 fully saturated rings. The average molecular weight is 303 g/mol. The molecule has 0 aliphatic carbocycles. The van der Waals surface area contributed by atoms with E-state index < -0.39 is 30.9 Å². The minimum Gasteiger partial charge on any atom is -0.455 e. The number of aliphatic hydroxyl groups is 1. The highest BCUT2D eigenvalue weighted by molar-refractivity contribution is 5.25. The average Bonchev–Trinajstić information content (AvgIpc) is 2.32. The zero-order valence-electron chi connectivity index (χ0n) is 10.2. The lowest BCUT2D eigenvalue weighted by atomic mass is 10.2. The van der Waals surface area contributed by atoms with E-state index in [4.69, 9.17) is 5.11 Å². The van der Waals surface area contributed by atoms with Gasteiger partial charge < -0.3 is 9.84 Å². The van der Waals surface area contributed by atoms with Gasteiger partial charge in [-0.3, -0.25) is 0 Å². The molecular formula is C11H11F6NO2. The molecule has 0 bridgehead atoms. The van der Waals surface area contributed by atoms with E-state index in [1.807, 2.05) is 0 Å². The lowest BCUT2D eigenvalue weighted by Crippen LogP contribution is -2.46. The molecule has 0 aliphatic rings. The van der Waals surface area contributed by atoms with E-state index in [0.717, 1.165) is 6.07 Å². The molecule has 0 amide bonds. The Kier molecular flexibility index (Phi) is 4.85. The summed E-state index contributed by atoms with van der Waals surface area (Å²) in [5.74, 6) is -0.826. The molecule has 0 spiro atoms. The number of aryl methyl sites for hydroxylation is 1. The number of aliphatic hydroxyl groups excluding tert-OH is 1. The zero-order chi connectivity index (χ0) is 15.6. The molecule has 0 atom stereocenters. The SMILES string of the molecule is CCc1cc(CO)cc(OC(C(F)(F)F)C(F)(F)F)n1. The number of hydrogen-bond donors (Lipinski definition) is 1. The van der Waals surface area contributed by atoms with Crippen LogP contribution in [0.15, 0.2) is 12.1 Å². The molecule has 1 heterocycles. The molecule has 1 aromatic heterocycles. The molecule has 1 aromatic rings. The highest BCUT2D eigenvalue weighted by Crippen LogP contribution is 2.36. The van der Waals surface area contributed by atoms with Crippen LogP contribution >= 0.6 is 0 Å². The van der Waals surface area contributed by atoms with Crippen molar-refractivity contribution < 1.29 is 36.2 Å². The lowest BCUT2D eigenvalue weighted by molar-refractivity contribution is -0.300. The summed E-state index contributed by atoms with van der Waals surface area (Å²) in [5.41, 5.74) is 0.338. The van der Waals surface area contributed by atoms with Crippen LogP contribution in [0, 0.1) is 0 Å². The quantitative estimate of drug-likeness (QED) is 0.870. The molecular weight excluding hydrogens is 292 g/mol. The van der Waals surface area contributed by atoms with Gasteiger partial charge in [0.15, 0.2) is 0 Å². The first-order chi connectivity index (χ1) is 9.07. The van der Waals surface area contributed by atoms with E-state index in [0.29, 0.717) is 0 Å². The predicted molar refractivity (Wildman–Crippen MR) is 56.1 cm³/mol. The third-order valence-corrected chi connectivity index (χ3v) is 2.29. The van der Waals surface area contributed by atoms with Gasteiger partial charge in [0.1, 0.15) is 0 Å². The molecule has 114 valence electrons. The van der Waals surface area contributed by atoms with Crippen LogP contribution in [0.2, 0.25) is 0 Å². The topological polar surface area (TPSA) is 42.4 Å². The van der Waals surface area contributed by atoms with Gasteiger partial charge in [-0.2, -0.15) is 26.3 Å². The number of ether oxygens (including phenoxy) is 1. The third-order valence-electron chi connectivity index (χ3n) is 2.29. The van der Waals surface area contributed by atoms with Crippen molar-refractivity contribution in [1.82, 2.24) is 4.98 Å². The van der Waals surface area contributed by atoms with Gasteiger partial charge in [0.05, 0.1) is 6.61 Å². The van der Waals surface area contributed by atoms with Gasteiger partial charge in [0, 0.05) is 11.8 Å². The first kappa shape index (κ1) is 16.5. The maximum absolute atomic E-state index is 12.3. The smallest absolute Gasteiger partial charge is 0.434 e. The van der Waals surface area contributed by atoms with Crippen LogP contribution in [0.3, 0.4) is 0 Å². The van der Waals surface area contributed by atoms with Crippen molar-refractivity contribution in [2.75, 3.05) is 0 Å². The highest BCUT2D eigenvalue weighted by atomic mass is 19.4. The van der Waals surface area contributed by atoms with Crippen molar-refractivity contribution in [3.05, 3.63) is 23.4 Å². The van der Waals surface area contributed by atoms with Gasteiger partial charge in [0.25, 0.3) is 6.10 Å². The van der Waals surface area contributed by atoms with Crippen molar-refractivity contribution in [2.24, 2.45) is 0 Å². The Morgan fingerprint density at radius 3 is 2.10 bits per heavy atom. The second kappa shape index (κ2) is 5.86. The summed E-state index contributed by atoms with van der Waals surface area (Å²) >= 11 is 0. The van der Waals surface area contributed by atoms with Crippen molar-refractivity contribution in [3.8, 4) is 5.88 Å². The first-order valence-electron chi connectivity index (χ1n) is 5.48. The number of aromatic nitrogens is 1. The van der Waals surface area contributed by atoms with Crippen LogP contribution in [0.5, 0.6) is 5.88 Å². The summed E-state index contributed by atoms with van der Waals surface area (Å²) in [6.07, 6.45) is -14.9. The Bertz CT molecular complexity index is 421. The van der Waals surface area contributed by atoms with Crippen LogP contribution in [-0.2, 0) is 13.0 Å². The number of halogens is 6. The largest absolute Gasteiger partial charge is 0.455 e.